The van der Waals surface area contributed by atoms with Gasteiger partial charge < -0.3 is 5.73 Å². The van der Waals surface area contributed by atoms with Crippen molar-refractivity contribution in [3.05, 3.63) is 59.4 Å². The molecule has 1 aromatic heterocycles. The van der Waals surface area contributed by atoms with Crippen molar-refractivity contribution in [3.8, 4) is 0 Å². The molecule has 0 bridgehead atoms. The van der Waals surface area contributed by atoms with Crippen molar-refractivity contribution in [2.24, 2.45) is 0 Å². The smallest absolute Gasteiger partial charge is 0.0317 e. The Labute approximate surface area is 89.8 Å². The van der Waals surface area contributed by atoms with Gasteiger partial charge in [0.1, 0.15) is 0 Å². The van der Waals surface area contributed by atoms with Crippen LogP contribution in [0.15, 0.2) is 42.7 Å². The van der Waals surface area contributed by atoms with E-state index in [4.69, 9.17) is 5.73 Å². The molecule has 2 heteroatoms. The highest BCUT2D eigenvalue weighted by atomic mass is 14.6. The van der Waals surface area contributed by atoms with Crippen molar-refractivity contribution in [1.29, 1.82) is 0 Å². The molecule has 15 heavy (non-hydrogen) atoms. The van der Waals surface area contributed by atoms with E-state index < -0.39 is 0 Å². The first kappa shape index (κ1) is 9.71. The summed E-state index contributed by atoms with van der Waals surface area (Å²) < 4.78 is 0. The number of aromatic nitrogens is 1. The van der Waals surface area contributed by atoms with Gasteiger partial charge in [0.25, 0.3) is 0 Å². The molecule has 0 atom stereocenters. The Hall–Kier alpha value is -1.83. The van der Waals surface area contributed by atoms with E-state index in [9.17, 15) is 0 Å². The maximum absolute atomic E-state index is 5.77. The van der Waals surface area contributed by atoms with E-state index in [1.807, 2.05) is 24.4 Å². The summed E-state index contributed by atoms with van der Waals surface area (Å²) >= 11 is 0. The lowest BCUT2D eigenvalue weighted by molar-refractivity contribution is 1.12. The molecule has 76 valence electrons. The Morgan fingerprint density at radius 3 is 2.87 bits per heavy atom. The first-order valence-corrected chi connectivity index (χ1v) is 4.99. The summed E-state index contributed by atoms with van der Waals surface area (Å²) in [4.78, 5) is 4.10. The number of hydrogen-bond donors (Lipinski definition) is 1. The number of nitrogens with zero attached hydrogens (tertiary/aromatic N) is 1. The highest BCUT2D eigenvalue weighted by molar-refractivity contribution is 5.45. The van der Waals surface area contributed by atoms with E-state index in [1.54, 1.807) is 6.20 Å². The highest BCUT2D eigenvalue weighted by Crippen LogP contribution is 2.16. The van der Waals surface area contributed by atoms with Gasteiger partial charge in [0.05, 0.1) is 0 Å². The molecule has 2 N–H and O–H groups in total. The van der Waals surface area contributed by atoms with E-state index in [0.29, 0.717) is 0 Å². The lowest BCUT2D eigenvalue weighted by Gasteiger charge is -2.06. The van der Waals surface area contributed by atoms with Gasteiger partial charge in [-0.1, -0.05) is 12.1 Å². The van der Waals surface area contributed by atoms with E-state index in [2.05, 4.69) is 24.0 Å². The molecular formula is C13H14N2. The van der Waals surface area contributed by atoms with E-state index in [-0.39, 0.29) is 0 Å². The van der Waals surface area contributed by atoms with Crippen LogP contribution in [-0.4, -0.2) is 4.98 Å². The van der Waals surface area contributed by atoms with Crippen LogP contribution in [0.1, 0.15) is 16.7 Å². The molecule has 1 aromatic carbocycles. The topological polar surface area (TPSA) is 38.9 Å². The summed E-state index contributed by atoms with van der Waals surface area (Å²) in [5.41, 5.74) is 10.3. The van der Waals surface area contributed by atoms with Gasteiger partial charge in [0, 0.05) is 18.1 Å². The van der Waals surface area contributed by atoms with Gasteiger partial charge in [-0.05, 0) is 48.2 Å². The predicted molar refractivity (Wildman–Crippen MR) is 62.6 cm³/mol. The van der Waals surface area contributed by atoms with Crippen LogP contribution in [-0.2, 0) is 6.42 Å². The number of pyridine rings is 1. The van der Waals surface area contributed by atoms with Crippen LogP contribution >= 0.6 is 0 Å². The third kappa shape index (κ3) is 2.34. The molecular weight excluding hydrogens is 184 g/mol. The number of hydrogen-bond acceptors (Lipinski definition) is 2. The fourth-order valence-electron chi connectivity index (χ4n) is 1.60. The second-order valence-electron chi connectivity index (χ2n) is 3.72. The third-order valence-corrected chi connectivity index (χ3v) is 2.49. The SMILES string of the molecule is Cc1ccc(N)cc1Cc1cccnc1. The van der Waals surface area contributed by atoms with E-state index in [1.165, 1.54) is 16.7 Å². The van der Waals surface area contributed by atoms with E-state index in [0.717, 1.165) is 12.1 Å². The average molecular weight is 198 g/mol. The van der Waals surface area contributed by atoms with Crippen LogP contribution < -0.4 is 5.73 Å². The first-order chi connectivity index (χ1) is 7.25. The number of anilines is 1. The van der Waals surface area contributed by atoms with Crippen molar-refractivity contribution in [3.63, 3.8) is 0 Å². The van der Waals surface area contributed by atoms with Crippen molar-refractivity contribution in [2.75, 3.05) is 5.73 Å². The fraction of sp³-hybridized carbons (Fsp3) is 0.154. The molecule has 0 saturated carbocycles. The van der Waals surface area contributed by atoms with E-state index >= 15 is 0 Å². The largest absolute Gasteiger partial charge is 0.399 e. The molecule has 0 aliphatic heterocycles. The molecule has 0 saturated heterocycles. The average Bonchev–Trinajstić information content (AvgIpc) is 2.25. The summed E-state index contributed by atoms with van der Waals surface area (Å²) in [6.45, 7) is 2.10. The van der Waals surface area contributed by atoms with Gasteiger partial charge in [-0.25, -0.2) is 0 Å². The Balaban J connectivity index is 2.28. The van der Waals surface area contributed by atoms with Crippen LogP contribution in [0, 0.1) is 6.92 Å². The van der Waals surface area contributed by atoms with Crippen molar-refractivity contribution < 1.29 is 0 Å². The molecule has 2 rings (SSSR count). The van der Waals surface area contributed by atoms with Crippen LogP contribution in [0.2, 0.25) is 0 Å². The van der Waals surface area contributed by atoms with Gasteiger partial charge in [-0.3, -0.25) is 4.98 Å². The van der Waals surface area contributed by atoms with Crippen LogP contribution in [0.3, 0.4) is 0 Å². The zero-order valence-electron chi connectivity index (χ0n) is 8.77. The number of nitrogen functional groups attached to an aromatic ring is 1. The predicted octanol–water partition coefficient (Wildman–Crippen LogP) is 2.56. The number of benzene rings is 1. The minimum atomic E-state index is 0.819. The molecule has 0 fully saturated rings. The van der Waals surface area contributed by atoms with Crippen molar-refractivity contribution in [2.45, 2.75) is 13.3 Å². The molecule has 0 unspecified atom stereocenters. The Morgan fingerprint density at radius 2 is 2.13 bits per heavy atom. The highest BCUT2D eigenvalue weighted by Gasteiger charge is 2.00. The van der Waals surface area contributed by atoms with Crippen LogP contribution in [0.25, 0.3) is 0 Å². The van der Waals surface area contributed by atoms with Gasteiger partial charge >= 0.3 is 0 Å². The quantitative estimate of drug-likeness (QED) is 0.753. The second kappa shape index (κ2) is 4.13. The summed E-state index contributed by atoms with van der Waals surface area (Å²) in [7, 11) is 0. The minimum absolute atomic E-state index is 0.819. The lowest BCUT2D eigenvalue weighted by Crippen LogP contribution is -1.94. The molecule has 2 aromatic rings. The summed E-state index contributed by atoms with van der Waals surface area (Å²) in [6, 6.07) is 10.1. The third-order valence-electron chi connectivity index (χ3n) is 2.49. The molecule has 2 nitrogen and oxygen atoms in total. The van der Waals surface area contributed by atoms with Gasteiger partial charge in [-0.15, -0.1) is 0 Å². The molecule has 1 heterocycles. The first-order valence-electron chi connectivity index (χ1n) is 4.99. The van der Waals surface area contributed by atoms with Gasteiger partial charge in [0.2, 0.25) is 0 Å². The minimum Gasteiger partial charge on any atom is -0.399 e. The standard InChI is InChI=1S/C13H14N2/c1-10-4-5-13(14)8-12(10)7-11-3-2-6-15-9-11/h2-6,8-9H,7,14H2,1H3. The molecule has 0 aliphatic carbocycles. The maximum Gasteiger partial charge on any atom is 0.0317 e. The second-order valence-corrected chi connectivity index (χ2v) is 3.72. The molecule has 0 spiro atoms. The maximum atomic E-state index is 5.77. The zero-order chi connectivity index (χ0) is 10.7. The van der Waals surface area contributed by atoms with Gasteiger partial charge in [0.15, 0.2) is 0 Å². The Morgan fingerprint density at radius 1 is 1.27 bits per heavy atom. The summed E-state index contributed by atoms with van der Waals surface area (Å²) in [5.74, 6) is 0. The lowest BCUT2D eigenvalue weighted by atomic mass is 10.0. The number of rotatable bonds is 2. The Bertz CT molecular complexity index is 449. The Kier molecular flexibility index (Phi) is 2.68. The number of nitrogens with two attached hydrogens (primary N) is 1. The normalized spacial score (nSPS) is 10.2. The molecule has 0 radical (unpaired) electrons. The van der Waals surface area contributed by atoms with Crippen LogP contribution in [0.4, 0.5) is 5.69 Å². The van der Waals surface area contributed by atoms with Crippen molar-refractivity contribution in [1.82, 2.24) is 4.98 Å². The molecule has 0 aliphatic rings. The number of aryl methyl sites for hydroxylation is 1. The van der Waals surface area contributed by atoms with Gasteiger partial charge in [-0.2, -0.15) is 0 Å². The van der Waals surface area contributed by atoms with Crippen LogP contribution in [0.5, 0.6) is 0 Å². The zero-order valence-corrected chi connectivity index (χ0v) is 8.77. The summed E-state index contributed by atoms with van der Waals surface area (Å²) in [5, 5.41) is 0. The molecule has 0 amide bonds. The monoisotopic (exact) mass is 198 g/mol. The summed E-state index contributed by atoms with van der Waals surface area (Å²) in [6.07, 6.45) is 4.57. The fourth-order valence-corrected chi connectivity index (χ4v) is 1.60. The van der Waals surface area contributed by atoms with Crippen molar-refractivity contribution >= 4 is 5.69 Å².